The van der Waals surface area contributed by atoms with E-state index >= 15 is 0 Å². The zero-order valence-corrected chi connectivity index (χ0v) is 17.6. The van der Waals surface area contributed by atoms with E-state index in [1.807, 2.05) is 36.7 Å². The highest BCUT2D eigenvalue weighted by atomic mass is 16.6. The number of carbonyl (C=O) groups is 1. The Labute approximate surface area is 185 Å². The summed E-state index contributed by atoms with van der Waals surface area (Å²) >= 11 is 0. The second-order valence-electron chi connectivity index (χ2n) is 8.68. The van der Waals surface area contributed by atoms with Crippen LogP contribution in [0.25, 0.3) is 11.0 Å². The molecule has 166 valence electrons. The van der Waals surface area contributed by atoms with Crippen molar-refractivity contribution in [3.63, 3.8) is 0 Å². The fourth-order valence-electron chi connectivity index (χ4n) is 4.88. The van der Waals surface area contributed by atoms with Crippen molar-refractivity contribution in [1.29, 1.82) is 0 Å². The molecule has 3 N–H and O–H groups in total. The standard InChI is InChI=1S/C23H26N6O3/c30-23(22-18-11-17(29(31)32)9-10-19(18)26-27-22)24-12-15-5-7-16(8-6-15)13-28-14-25-20-3-1-2-4-21(20)28/h1-8,14,17-19,22,26-27H,9-13H2,(H,24,30). The Kier molecular flexibility index (Phi) is 5.59. The number of hydrazine groups is 1. The first kappa shape index (κ1) is 20.6. The van der Waals surface area contributed by atoms with E-state index < -0.39 is 12.1 Å². The van der Waals surface area contributed by atoms with Crippen LogP contribution in [0.1, 0.15) is 30.4 Å². The summed E-state index contributed by atoms with van der Waals surface area (Å²) in [7, 11) is 0. The molecule has 2 heterocycles. The predicted octanol–water partition coefficient (Wildman–Crippen LogP) is 1.99. The molecule has 4 unspecified atom stereocenters. The largest absolute Gasteiger partial charge is 0.351 e. The van der Waals surface area contributed by atoms with Crippen LogP contribution in [0, 0.1) is 16.0 Å². The maximum Gasteiger partial charge on any atom is 0.239 e. The SMILES string of the molecule is O=C(NCc1ccc(Cn2cnc3ccccc32)cc1)C1NNC2CCC([N+](=O)[O-])CC21. The Balaban J connectivity index is 1.17. The zero-order chi connectivity index (χ0) is 22.1. The lowest BCUT2D eigenvalue weighted by Crippen LogP contribution is -2.46. The normalized spacial score (nSPS) is 24.9. The van der Waals surface area contributed by atoms with E-state index in [-0.39, 0.29) is 22.8 Å². The van der Waals surface area contributed by atoms with Crippen LogP contribution in [0.15, 0.2) is 54.9 Å². The zero-order valence-electron chi connectivity index (χ0n) is 17.6. The van der Waals surface area contributed by atoms with Crippen LogP contribution in [0.2, 0.25) is 0 Å². The van der Waals surface area contributed by atoms with E-state index in [1.165, 1.54) is 0 Å². The summed E-state index contributed by atoms with van der Waals surface area (Å²) in [5.74, 6) is -0.186. The second kappa shape index (κ2) is 8.68. The molecule has 3 aromatic rings. The first-order chi connectivity index (χ1) is 15.6. The molecule has 0 spiro atoms. The van der Waals surface area contributed by atoms with E-state index in [9.17, 15) is 14.9 Å². The van der Waals surface area contributed by atoms with Gasteiger partial charge in [0.2, 0.25) is 11.9 Å². The van der Waals surface area contributed by atoms with Gasteiger partial charge in [0.1, 0.15) is 6.04 Å². The van der Waals surface area contributed by atoms with Gasteiger partial charge in [0.25, 0.3) is 0 Å². The molecule has 32 heavy (non-hydrogen) atoms. The first-order valence-corrected chi connectivity index (χ1v) is 11.0. The maximum atomic E-state index is 12.8. The topological polar surface area (TPSA) is 114 Å². The summed E-state index contributed by atoms with van der Waals surface area (Å²) in [6, 6.07) is 15.3. The molecule has 9 nitrogen and oxygen atoms in total. The van der Waals surface area contributed by atoms with Crippen molar-refractivity contribution >= 4 is 16.9 Å². The molecule has 4 atom stereocenters. The first-order valence-electron chi connectivity index (χ1n) is 11.0. The van der Waals surface area contributed by atoms with Crippen LogP contribution in [-0.2, 0) is 17.9 Å². The fourth-order valence-corrected chi connectivity index (χ4v) is 4.88. The van der Waals surface area contributed by atoms with Crippen molar-refractivity contribution in [2.24, 2.45) is 5.92 Å². The van der Waals surface area contributed by atoms with Crippen molar-refractivity contribution in [3.8, 4) is 0 Å². The van der Waals surface area contributed by atoms with Gasteiger partial charge in [0.05, 0.1) is 17.4 Å². The van der Waals surface area contributed by atoms with Crippen molar-refractivity contribution < 1.29 is 9.72 Å². The smallest absolute Gasteiger partial charge is 0.239 e. The van der Waals surface area contributed by atoms with Gasteiger partial charge in [0.15, 0.2) is 0 Å². The van der Waals surface area contributed by atoms with Crippen molar-refractivity contribution in [3.05, 3.63) is 76.1 Å². The molecule has 1 amide bonds. The van der Waals surface area contributed by atoms with E-state index in [4.69, 9.17) is 0 Å². The summed E-state index contributed by atoms with van der Waals surface area (Å²) in [4.78, 5) is 28.2. The van der Waals surface area contributed by atoms with Crippen LogP contribution in [0.5, 0.6) is 0 Å². The molecule has 1 saturated heterocycles. The highest BCUT2D eigenvalue weighted by Crippen LogP contribution is 2.31. The van der Waals surface area contributed by atoms with Crippen LogP contribution in [0.4, 0.5) is 0 Å². The number of aromatic nitrogens is 2. The van der Waals surface area contributed by atoms with E-state index in [2.05, 4.69) is 43.9 Å². The number of fused-ring (bicyclic) bond motifs is 2. The molecule has 5 rings (SSSR count). The van der Waals surface area contributed by atoms with Gasteiger partial charge in [-0.25, -0.2) is 10.4 Å². The second-order valence-corrected chi connectivity index (χ2v) is 8.68. The van der Waals surface area contributed by atoms with Gasteiger partial charge in [-0.3, -0.25) is 20.3 Å². The number of nitrogens with one attached hydrogen (secondary N) is 3. The van der Waals surface area contributed by atoms with Crippen molar-refractivity contribution in [2.45, 2.75) is 50.5 Å². The Bertz CT molecular complexity index is 1130. The third kappa shape index (κ3) is 4.09. The number of nitrogens with zero attached hydrogens (tertiary/aromatic N) is 3. The molecule has 0 radical (unpaired) electrons. The van der Waals surface area contributed by atoms with Crippen LogP contribution >= 0.6 is 0 Å². The molecule has 1 aliphatic carbocycles. The maximum absolute atomic E-state index is 12.8. The average molecular weight is 435 g/mol. The van der Waals surface area contributed by atoms with Gasteiger partial charge in [-0.05, 0) is 29.7 Å². The monoisotopic (exact) mass is 434 g/mol. The van der Waals surface area contributed by atoms with Gasteiger partial charge in [-0.2, -0.15) is 0 Å². The Morgan fingerprint density at radius 3 is 2.72 bits per heavy atom. The molecule has 1 saturated carbocycles. The lowest BCUT2D eigenvalue weighted by molar-refractivity contribution is -0.528. The highest BCUT2D eigenvalue weighted by molar-refractivity contribution is 5.82. The minimum Gasteiger partial charge on any atom is -0.351 e. The van der Waals surface area contributed by atoms with Crippen molar-refractivity contribution in [2.75, 3.05) is 0 Å². The number of rotatable bonds is 6. The minimum absolute atomic E-state index is 0.0634. The molecule has 0 bridgehead atoms. The average Bonchev–Trinajstić information content (AvgIpc) is 3.42. The molecule has 2 aromatic carbocycles. The van der Waals surface area contributed by atoms with Gasteiger partial charge in [-0.1, -0.05) is 36.4 Å². The van der Waals surface area contributed by atoms with Crippen LogP contribution in [0.3, 0.4) is 0 Å². The van der Waals surface area contributed by atoms with E-state index in [0.717, 1.165) is 28.7 Å². The molecule has 2 fully saturated rings. The molecule has 2 aliphatic rings. The predicted molar refractivity (Wildman–Crippen MR) is 119 cm³/mol. The molecule has 9 heteroatoms. The summed E-state index contributed by atoms with van der Waals surface area (Å²) in [5.41, 5.74) is 10.4. The number of para-hydroxylation sites is 2. The molecule has 1 aromatic heterocycles. The van der Waals surface area contributed by atoms with Gasteiger partial charge in [-0.15, -0.1) is 0 Å². The number of carbonyl (C=O) groups excluding carboxylic acids is 1. The van der Waals surface area contributed by atoms with Gasteiger partial charge >= 0.3 is 0 Å². The minimum atomic E-state index is -0.562. The lowest BCUT2D eigenvalue weighted by Gasteiger charge is -2.28. The highest BCUT2D eigenvalue weighted by Gasteiger charge is 2.46. The summed E-state index contributed by atoms with van der Waals surface area (Å²) in [6.07, 6.45) is 3.54. The number of imidazole rings is 1. The Morgan fingerprint density at radius 2 is 1.91 bits per heavy atom. The summed E-state index contributed by atoms with van der Waals surface area (Å²) < 4.78 is 2.11. The van der Waals surface area contributed by atoms with E-state index in [1.54, 1.807) is 0 Å². The summed E-state index contributed by atoms with van der Waals surface area (Å²) in [6.45, 7) is 1.15. The van der Waals surface area contributed by atoms with Crippen LogP contribution in [-0.4, -0.2) is 38.5 Å². The quantitative estimate of drug-likeness (QED) is 0.404. The molecule has 1 aliphatic heterocycles. The number of amides is 1. The number of hydrogen-bond acceptors (Lipinski definition) is 6. The molecular weight excluding hydrogens is 408 g/mol. The molecular formula is C23H26N6O3. The fraction of sp³-hybridized carbons (Fsp3) is 0.391. The number of hydrogen-bond donors (Lipinski definition) is 3. The lowest BCUT2D eigenvalue weighted by atomic mass is 9.79. The van der Waals surface area contributed by atoms with Gasteiger partial charge < -0.3 is 9.88 Å². The van der Waals surface area contributed by atoms with Crippen molar-refractivity contribution in [1.82, 2.24) is 25.7 Å². The summed E-state index contributed by atoms with van der Waals surface area (Å²) in [5, 5.41) is 14.2. The Hall–Kier alpha value is -3.30. The third-order valence-electron chi connectivity index (χ3n) is 6.67. The third-order valence-corrected chi connectivity index (χ3v) is 6.67. The van der Waals surface area contributed by atoms with Gasteiger partial charge in [0, 0.05) is 42.8 Å². The number of benzene rings is 2. The van der Waals surface area contributed by atoms with Crippen LogP contribution < -0.4 is 16.2 Å². The van der Waals surface area contributed by atoms with E-state index in [0.29, 0.717) is 25.8 Å². The Morgan fingerprint density at radius 1 is 1.12 bits per heavy atom. The number of nitro groups is 1.